The highest BCUT2D eigenvalue weighted by Crippen LogP contribution is 2.38. The summed E-state index contributed by atoms with van der Waals surface area (Å²) in [6.07, 6.45) is 0. The fourth-order valence-electron chi connectivity index (χ4n) is 2.55. The molecule has 0 amide bonds. The van der Waals surface area contributed by atoms with Gasteiger partial charge >= 0.3 is 5.97 Å². The van der Waals surface area contributed by atoms with Crippen molar-refractivity contribution in [3.05, 3.63) is 70.3 Å². The summed E-state index contributed by atoms with van der Waals surface area (Å²) in [5.74, 6) is -0.366. The van der Waals surface area contributed by atoms with E-state index in [2.05, 4.69) is 5.32 Å². The Morgan fingerprint density at radius 1 is 1.12 bits per heavy atom. The van der Waals surface area contributed by atoms with Crippen LogP contribution in [0.1, 0.15) is 25.5 Å². The number of nitrogens with one attached hydrogen (secondary N) is 1. The Bertz CT molecular complexity index is 712. The van der Waals surface area contributed by atoms with Gasteiger partial charge in [0.25, 0.3) is 5.69 Å². The molecule has 1 atom stereocenters. The zero-order chi connectivity index (χ0) is 17.7. The van der Waals surface area contributed by atoms with Crippen molar-refractivity contribution in [2.75, 3.05) is 12.4 Å². The van der Waals surface area contributed by atoms with Gasteiger partial charge in [0.15, 0.2) is 0 Å². The van der Waals surface area contributed by atoms with Gasteiger partial charge in [-0.15, -0.1) is 0 Å². The van der Waals surface area contributed by atoms with E-state index in [0.29, 0.717) is 0 Å². The number of methoxy groups -OCH3 is 1. The molecule has 0 aromatic heterocycles. The van der Waals surface area contributed by atoms with Crippen LogP contribution in [-0.4, -0.2) is 18.0 Å². The number of hydrogen-bond donors (Lipinski definition) is 1. The van der Waals surface area contributed by atoms with Crippen molar-refractivity contribution in [3.63, 3.8) is 0 Å². The van der Waals surface area contributed by atoms with E-state index in [-0.39, 0.29) is 11.7 Å². The van der Waals surface area contributed by atoms with Crippen LogP contribution in [0.3, 0.4) is 0 Å². The molecule has 0 saturated heterocycles. The summed E-state index contributed by atoms with van der Waals surface area (Å²) in [4.78, 5) is 22.6. The predicted octanol–water partition coefficient (Wildman–Crippen LogP) is 3.95. The van der Waals surface area contributed by atoms with Crippen LogP contribution in [0.15, 0.2) is 54.6 Å². The van der Waals surface area contributed by atoms with E-state index in [9.17, 15) is 14.9 Å². The van der Waals surface area contributed by atoms with Crippen LogP contribution in [0.25, 0.3) is 0 Å². The zero-order valence-electron chi connectivity index (χ0n) is 13.9. The largest absolute Gasteiger partial charge is 0.469 e. The summed E-state index contributed by atoms with van der Waals surface area (Å²) in [6.45, 7) is 3.56. The van der Waals surface area contributed by atoms with Gasteiger partial charge in [-0.3, -0.25) is 14.9 Å². The highest BCUT2D eigenvalue weighted by molar-refractivity contribution is 5.78. The third-order valence-electron chi connectivity index (χ3n) is 3.96. The molecular formula is C18H20N2O4. The summed E-state index contributed by atoms with van der Waals surface area (Å²) in [7, 11) is 1.35. The van der Waals surface area contributed by atoms with Gasteiger partial charge in [-0.25, -0.2) is 0 Å². The van der Waals surface area contributed by atoms with E-state index in [1.165, 1.54) is 19.2 Å². The molecule has 2 aromatic carbocycles. The maximum Gasteiger partial charge on any atom is 0.313 e. The molecule has 0 bridgehead atoms. The number of nitrogens with zero attached hydrogens (tertiary/aromatic N) is 1. The maximum absolute atomic E-state index is 12.2. The second-order valence-electron chi connectivity index (χ2n) is 6.01. The predicted molar refractivity (Wildman–Crippen MR) is 91.7 cm³/mol. The Hall–Kier alpha value is -2.89. The molecule has 0 radical (unpaired) electrons. The maximum atomic E-state index is 12.2. The number of benzene rings is 2. The number of rotatable bonds is 6. The van der Waals surface area contributed by atoms with Crippen molar-refractivity contribution in [2.45, 2.75) is 19.9 Å². The van der Waals surface area contributed by atoms with E-state index in [1.54, 1.807) is 26.0 Å². The topological polar surface area (TPSA) is 81.5 Å². The fraction of sp³-hybridized carbons (Fsp3) is 0.278. The SMILES string of the molecule is COC(=O)C(C)(C)C(Nc1ccccc1)c1ccc([N+](=O)[O-])cc1. The van der Waals surface area contributed by atoms with Crippen LogP contribution >= 0.6 is 0 Å². The molecule has 6 nitrogen and oxygen atoms in total. The van der Waals surface area contributed by atoms with Crippen molar-refractivity contribution in [3.8, 4) is 0 Å². The van der Waals surface area contributed by atoms with Gasteiger partial charge in [0.05, 0.1) is 23.5 Å². The Balaban J connectivity index is 2.42. The summed E-state index contributed by atoms with van der Waals surface area (Å²) >= 11 is 0. The van der Waals surface area contributed by atoms with Gasteiger partial charge in [0.1, 0.15) is 0 Å². The van der Waals surface area contributed by atoms with Crippen LogP contribution in [0, 0.1) is 15.5 Å². The molecule has 0 heterocycles. The number of nitro benzene ring substituents is 1. The van der Waals surface area contributed by atoms with Crippen LogP contribution in [0.5, 0.6) is 0 Å². The van der Waals surface area contributed by atoms with Crippen molar-refractivity contribution in [1.29, 1.82) is 0 Å². The van der Waals surface area contributed by atoms with E-state index in [1.807, 2.05) is 30.3 Å². The molecule has 2 aromatic rings. The molecular weight excluding hydrogens is 308 g/mol. The zero-order valence-corrected chi connectivity index (χ0v) is 13.9. The first-order chi connectivity index (χ1) is 11.4. The summed E-state index contributed by atoms with van der Waals surface area (Å²) in [5, 5.41) is 14.2. The number of hydrogen-bond acceptors (Lipinski definition) is 5. The first-order valence-corrected chi connectivity index (χ1v) is 7.50. The minimum absolute atomic E-state index is 0.00749. The van der Waals surface area contributed by atoms with Crippen molar-refractivity contribution in [1.82, 2.24) is 0 Å². The Kier molecular flexibility index (Phi) is 5.18. The fourth-order valence-corrected chi connectivity index (χ4v) is 2.55. The number of carbonyl (C=O) groups is 1. The van der Waals surface area contributed by atoms with Crippen LogP contribution in [-0.2, 0) is 9.53 Å². The molecule has 24 heavy (non-hydrogen) atoms. The van der Waals surface area contributed by atoms with Gasteiger partial charge in [-0.2, -0.15) is 0 Å². The number of para-hydroxylation sites is 1. The minimum atomic E-state index is -0.874. The average Bonchev–Trinajstić information content (AvgIpc) is 2.59. The number of carbonyl (C=O) groups excluding carboxylic acids is 1. The first-order valence-electron chi connectivity index (χ1n) is 7.50. The van der Waals surface area contributed by atoms with Gasteiger partial charge in [0, 0.05) is 17.8 Å². The third kappa shape index (κ3) is 3.71. The summed E-state index contributed by atoms with van der Waals surface area (Å²) < 4.78 is 4.93. The third-order valence-corrected chi connectivity index (χ3v) is 3.96. The van der Waals surface area contributed by atoms with Gasteiger partial charge in [-0.1, -0.05) is 30.3 Å². The van der Waals surface area contributed by atoms with Crippen molar-refractivity contribution < 1.29 is 14.5 Å². The normalized spacial score (nSPS) is 12.3. The smallest absolute Gasteiger partial charge is 0.313 e. The molecule has 0 saturated carbocycles. The molecule has 6 heteroatoms. The Morgan fingerprint density at radius 3 is 2.21 bits per heavy atom. The number of anilines is 1. The Morgan fingerprint density at radius 2 is 1.71 bits per heavy atom. The van der Waals surface area contributed by atoms with Gasteiger partial charge in [0.2, 0.25) is 0 Å². The number of nitro groups is 1. The molecule has 0 aliphatic carbocycles. The van der Waals surface area contributed by atoms with Crippen molar-refractivity contribution >= 4 is 17.3 Å². The van der Waals surface area contributed by atoms with E-state index in [4.69, 9.17) is 4.74 Å². The minimum Gasteiger partial charge on any atom is -0.469 e. The number of esters is 1. The lowest BCUT2D eigenvalue weighted by Crippen LogP contribution is -2.36. The lowest BCUT2D eigenvalue weighted by molar-refractivity contribution is -0.384. The number of ether oxygens (including phenoxy) is 1. The molecule has 0 spiro atoms. The number of non-ortho nitro benzene ring substituents is 1. The van der Waals surface area contributed by atoms with Crippen LogP contribution in [0.2, 0.25) is 0 Å². The molecule has 0 fully saturated rings. The highest BCUT2D eigenvalue weighted by atomic mass is 16.6. The van der Waals surface area contributed by atoms with Crippen LogP contribution < -0.4 is 5.32 Å². The van der Waals surface area contributed by atoms with Crippen molar-refractivity contribution in [2.24, 2.45) is 5.41 Å². The first kappa shape index (κ1) is 17.5. The molecule has 2 rings (SSSR count). The average molecular weight is 328 g/mol. The lowest BCUT2D eigenvalue weighted by atomic mass is 9.80. The second kappa shape index (κ2) is 7.12. The van der Waals surface area contributed by atoms with Gasteiger partial charge in [-0.05, 0) is 31.5 Å². The molecule has 0 aliphatic heterocycles. The quantitative estimate of drug-likeness (QED) is 0.493. The Labute approximate surface area is 140 Å². The lowest BCUT2D eigenvalue weighted by Gasteiger charge is -2.33. The standard InChI is InChI=1S/C18H20N2O4/c1-18(2,17(21)24-3)16(19-14-7-5-4-6-8-14)13-9-11-15(12-10-13)20(22)23/h4-12,16,19H,1-3H3. The molecule has 126 valence electrons. The van der Waals surface area contributed by atoms with Gasteiger partial charge < -0.3 is 10.1 Å². The van der Waals surface area contributed by atoms with Crippen LogP contribution in [0.4, 0.5) is 11.4 Å². The summed E-state index contributed by atoms with van der Waals surface area (Å²) in [5.41, 5.74) is 0.742. The van der Waals surface area contributed by atoms with E-state index < -0.39 is 16.4 Å². The molecule has 0 aliphatic rings. The van der Waals surface area contributed by atoms with E-state index in [0.717, 1.165) is 11.3 Å². The highest BCUT2D eigenvalue weighted by Gasteiger charge is 2.39. The van der Waals surface area contributed by atoms with E-state index >= 15 is 0 Å². The molecule has 1 N–H and O–H groups in total. The molecule has 1 unspecified atom stereocenters. The monoisotopic (exact) mass is 328 g/mol. The summed E-state index contributed by atoms with van der Waals surface area (Å²) in [6, 6.07) is 15.2. The second-order valence-corrected chi connectivity index (χ2v) is 6.01.